The number of nitrogens with one attached hydrogen (secondary N) is 2. The van der Waals surface area contributed by atoms with Crippen LogP contribution in [0.25, 0.3) is 11.4 Å². The third-order valence-electron chi connectivity index (χ3n) is 7.81. The number of aromatic nitrogens is 4. The highest BCUT2D eigenvalue weighted by atomic mass is 19.3. The van der Waals surface area contributed by atoms with Gasteiger partial charge in [0.05, 0.1) is 18.8 Å². The van der Waals surface area contributed by atoms with Crippen LogP contribution in [0.4, 0.5) is 14.6 Å². The lowest BCUT2D eigenvalue weighted by molar-refractivity contribution is -0.122. The highest BCUT2D eigenvalue weighted by molar-refractivity contribution is 5.59. The van der Waals surface area contributed by atoms with Gasteiger partial charge in [0.1, 0.15) is 16.9 Å². The van der Waals surface area contributed by atoms with E-state index in [1.165, 1.54) is 12.3 Å². The van der Waals surface area contributed by atoms with Gasteiger partial charge in [0.25, 0.3) is 6.43 Å². The number of fused-ring (bicyclic) bond motifs is 4. The predicted molar refractivity (Wildman–Crippen MR) is 118 cm³/mol. The number of hydrogen-bond acceptors (Lipinski definition) is 9. The van der Waals surface area contributed by atoms with Crippen LogP contribution >= 0.6 is 0 Å². The predicted octanol–water partition coefficient (Wildman–Crippen LogP) is 3.29. The maximum Gasteiger partial charge on any atom is 0.267 e. The van der Waals surface area contributed by atoms with Gasteiger partial charge in [0.15, 0.2) is 17.5 Å². The van der Waals surface area contributed by atoms with Crippen LogP contribution in [0.2, 0.25) is 0 Å². The summed E-state index contributed by atoms with van der Waals surface area (Å²) in [6, 6.07) is 1.33. The minimum atomic E-state index is -2.74. The van der Waals surface area contributed by atoms with Crippen molar-refractivity contribution < 1.29 is 18.5 Å². The standard InChI is InChI=1S/C23H29F2N7O2/c24-17(25)16-7-15(10-27-18(16)26)19-28-20(22-5-1-3-13(8-22)11-33-31-22)30-21(29-19)23-6-2-4-14(9-23)12-34-32-23/h7,10,13-14,17,31-32H,1-6,8-9,11-12H2,(H2,26,27). The topological polar surface area (TPSA) is 120 Å². The zero-order valence-corrected chi connectivity index (χ0v) is 18.9. The highest BCUT2D eigenvalue weighted by Gasteiger charge is 2.48. The second kappa shape index (κ2) is 8.40. The Kier molecular flexibility index (Phi) is 5.47. The van der Waals surface area contributed by atoms with E-state index in [2.05, 4.69) is 15.9 Å². The van der Waals surface area contributed by atoms with E-state index in [4.69, 9.17) is 30.4 Å². The SMILES string of the molecule is Nc1ncc(-c2nc(C34CCCC(CON3)C4)nc(C34CCCC(CON3)C4)n2)cc1C(F)F. The molecule has 6 rings (SSSR count). The van der Waals surface area contributed by atoms with Crippen LogP contribution in [0.5, 0.6) is 0 Å². The number of nitrogens with two attached hydrogens (primary N) is 1. The van der Waals surface area contributed by atoms with Crippen molar-refractivity contribution in [3.63, 3.8) is 0 Å². The van der Waals surface area contributed by atoms with Crippen molar-refractivity contribution in [3.05, 3.63) is 29.5 Å². The molecule has 182 valence electrons. The molecule has 4 N–H and O–H groups in total. The molecular weight excluding hydrogens is 444 g/mol. The van der Waals surface area contributed by atoms with Crippen molar-refractivity contribution in [2.75, 3.05) is 18.9 Å². The molecule has 2 saturated carbocycles. The molecule has 4 unspecified atom stereocenters. The Labute approximate surface area is 196 Å². The lowest BCUT2D eigenvalue weighted by Gasteiger charge is -2.46. The summed E-state index contributed by atoms with van der Waals surface area (Å²) in [6.07, 6.45) is 6.35. The average molecular weight is 474 g/mol. The summed E-state index contributed by atoms with van der Waals surface area (Å²) in [5, 5.41) is 0. The molecule has 2 aliphatic heterocycles. The third kappa shape index (κ3) is 3.74. The maximum atomic E-state index is 13.6. The zero-order valence-electron chi connectivity index (χ0n) is 18.9. The number of alkyl halides is 2. The maximum absolute atomic E-state index is 13.6. The first kappa shape index (κ1) is 22.1. The molecule has 4 atom stereocenters. The van der Waals surface area contributed by atoms with E-state index in [-0.39, 0.29) is 11.4 Å². The molecule has 0 aromatic carbocycles. The Morgan fingerprint density at radius 3 is 2.09 bits per heavy atom. The summed E-state index contributed by atoms with van der Waals surface area (Å²) < 4.78 is 27.1. The normalized spacial score (nSPS) is 33.1. The minimum Gasteiger partial charge on any atom is -0.383 e. The molecule has 9 nitrogen and oxygen atoms in total. The Bertz CT molecular complexity index is 1010. The molecule has 0 spiro atoms. The van der Waals surface area contributed by atoms with E-state index in [1.807, 2.05) is 0 Å². The Morgan fingerprint density at radius 2 is 1.53 bits per heavy atom. The van der Waals surface area contributed by atoms with E-state index >= 15 is 0 Å². The molecule has 2 saturated heterocycles. The van der Waals surface area contributed by atoms with Gasteiger partial charge in [0, 0.05) is 11.8 Å². The molecule has 11 heteroatoms. The monoisotopic (exact) mass is 473 g/mol. The Balaban J connectivity index is 1.50. The summed E-state index contributed by atoms with van der Waals surface area (Å²) in [5.41, 5.74) is 11.1. The molecule has 2 aliphatic carbocycles. The van der Waals surface area contributed by atoms with Crippen molar-refractivity contribution in [2.24, 2.45) is 11.8 Å². The van der Waals surface area contributed by atoms with Crippen molar-refractivity contribution in [1.82, 2.24) is 30.9 Å². The number of pyridine rings is 1. The van der Waals surface area contributed by atoms with Gasteiger partial charge < -0.3 is 15.4 Å². The number of hydroxylamine groups is 2. The van der Waals surface area contributed by atoms with Gasteiger partial charge in [-0.25, -0.2) is 28.7 Å². The highest BCUT2D eigenvalue weighted by Crippen LogP contribution is 2.45. The van der Waals surface area contributed by atoms with Crippen molar-refractivity contribution in [1.29, 1.82) is 0 Å². The van der Waals surface area contributed by atoms with E-state index < -0.39 is 17.5 Å². The second-order valence-corrected chi connectivity index (χ2v) is 10.2. The van der Waals surface area contributed by atoms with Crippen LogP contribution < -0.4 is 16.7 Å². The van der Waals surface area contributed by atoms with Crippen molar-refractivity contribution in [2.45, 2.75) is 68.9 Å². The third-order valence-corrected chi connectivity index (χ3v) is 7.81. The van der Waals surface area contributed by atoms with Gasteiger partial charge in [-0.05, 0) is 56.4 Å². The Morgan fingerprint density at radius 1 is 0.941 bits per heavy atom. The van der Waals surface area contributed by atoms with Gasteiger partial charge in [0.2, 0.25) is 0 Å². The summed E-state index contributed by atoms with van der Waals surface area (Å²) in [4.78, 5) is 30.1. The molecule has 4 bridgehead atoms. The molecule has 4 heterocycles. The number of nitrogens with zero attached hydrogens (tertiary/aromatic N) is 4. The average Bonchev–Trinajstić information content (AvgIpc) is 2.84. The largest absolute Gasteiger partial charge is 0.383 e. The number of hydrogen-bond donors (Lipinski definition) is 3. The van der Waals surface area contributed by atoms with Crippen molar-refractivity contribution in [3.8, 4) is 11.4 Å². The van der Waals surface area contributed by atoms with E-state index in [9.17, 15) is 8.78 Å². The first-order valence-electron chi connectivity index (χ1n) is 12.1. The molecule has 0 amide bonds. The molecule has 4 aliphatic rings. The van der Waals surface area contributed by atoms with E-state index in [1.54, 1.807) is 0 Å². The molecule has 2 aromatic rings. The lowest BCUT2D eigenvalue weighted by Crippen LogP contribution is -2.55. The van der Waals surface area contributed by atoms with Crippen LogP contribution in [0.1, 0.15) is 75.0 Å². The van der Waals surface area contributed by atoms with Crippen LogP contribution in [0, 0.1) is 11.8 Å². The molecule has 34 heavy (non-hydrogen) atoms. The van der Waals surface area contributed by atoms with Gasteiger partial charge in [-0.15, -0.1) is 0 Å². The number of rotatable bonds is 4. The van der Waals surface area contributed by atoms with E-state index in [0.29, 0.717) is 48.1 Å². The van der Waals surface area contributed by atoms with Gasteiger partial charge in [-0.2, -0.15) is 11.0 Å². The smallest absolute Gasteiger partial charge is 0.267 e. The quantitative estimate of drug-likeness (QED) is 0.614. The summed E-state index contributed by atoms with van der Waals surface area (Å²) in [6.45, 7) is 1.32. The van der Waals surface area contributed by atoms with Crippen molar-refractivity contribution >= 4 is 5.82 Å². The summed E-state index contributed by atoms with van der Waals surface area (Å²) >= 11 is 0. The van der Waals surface area contributed by atoms with Crippen LogP contribution in [-0.2, 0) is 20.8 Å². The van der Waals surface area contributed by atoms with E-state index in [0.717, 1.165) is 51.4 Å². The molecular formula is C23H29F2N7O2. The minimum absolute atomic E-state index is 0.194. The van der Waals surface area contributed by atoms with Crippen LogP contribution in [0.15, 0.2) is 12.3 Å². The molecule has 2 aromatic heterocycles. The van der Waals surface area contributed by atoms with Gasteiger partial charge in [-0.1, -0.05) is 12.8 Å². The van der Waals surface area contributed by atoms with Crippen LogP contribution in [0.3, 0.4) is 0 Å². The number of anilines is 1. The zero-order chi connectivity index (χ0) is 23.3. The number of halogens is 2. The van der Waals surface area contributed by atoms with Gasteiger partial charge >= 0.3 is 0 Å². The fraction of sp³-hybridized carbons (Fsp3) is 0.652. The molecule has 4 fully saturated rings. The number of nitrogen functional groups attached to an aromatic ring is 1. The lowest BCUT2D eigenvalue weighted by atomic mass is 9.74. The Hall–Kier alpha value is -2.34. The molecule has 0 radical (unpaired) electrons. The summed E-state index contributed by atoms with van der Waals surface area (Å²) in [7, 11) is 0. The van der Waals surface area contributed by atoms with Gasteiger partial charge in [-0.3, -0.25) is 0 Å². The first-order chi connectivity index (χ1) is 16.5. The fourth-order valence-corrected chi connectivity index (χ4v) is 6.06. The second-order valence-electron chi connectivity index (χ2n) is 10.2. The summed E-state index contributed by atoms with van der Waals surface area (Å²) in [5.74, 6) is 2.13. The van der Waals surface area contributed by atoms with Crippen LogP contribution in [-0.4, -0.2) is 33.1 Å². The fourth-order valence-electron chi connectivity index (χ4n) is 6.06. The first-order valence-corrected chi connectivity index (χ1v) is 12.1.